The highest BCUT2D eigenvalue weighted by Crippen LogP contribution is 2.31. The fourth-order valence-electron chi connectivity index (χ4n) is 1.51. The van der Waals surface area contributed by atoms with Crippen molar-refractivity contribution in [1.29, 1.82) is 0 Å². The molecule has 2 N–H and O–H groups in total. The summed E-state index contributed by atoms with van der Waals surface area (Å²) in [6.45, 7) is -0.123. The minimum absolute atomic E-state index is 0.0617. The molecule has 1 saturated heterocycles. The van der Waals surface area contributed by atoms with Gasteiger partial charge in [-0.25, -0.2) is 8.42 Å². The van der Waals surface area contributed by atoms with Gasteiger partial charge in [0, 0.05) is 17.6 Å². The van der Waals surface area contributed by atoms with Gasteiger partial charge in [0.2, 0.25) is 0 Å². The van der Waals surface area contributed by atoms with Crippen LogP contribution in [-0.4, -0.2) is 48.2 Å². The molecule has 0 spiro atoms. The molecule has 8 heteroatoms. The highest BCUT2D eigenvalue weighted by Gasteiger charge is 2.38. The van der Waals surface area contributed by atoms with Crippen molar-refractivity contribution in [2.24, 2.45) is 0 Å². The van der Waals surface area contributed by atoms with Crippen molar-refractivity contribution in [3.63, 3.8) is 0 Å². The molecule has 2 heterocycles. The number of sulfonamides is 1. The first-order valence-corrected chi connectivity index (χ1v) is 7.63. The third kappa shape index (κ3) is 2.05. The Labute approximate surface area is 106 Å². The van der Waals surface area contributed by atoms with Gasteiger partial charge in [0.05, 0.1) is 12.2 Å². The van der Waals surface area contributed by atoms with Gasteiger partial charge in [0.25, 0.3) is 10.0 Å². The standard InChI is InChI=1S/C8H10BrNO4S2/c9-5-1-2-15-8(5)16(13,14)10-3-6(11)7(12)4-10/h1-2,6-7,11-12H,3-4H2/t6-,7+. The van der Waals surface area contributed by atoms with Crippen LogP contribution in [-0.2, 0) is 10.0 Å². The average molecular weight is 328 g/mol. The van der Waals surface area contributed by atoms with E-state index in [4.69, 9.17) is 0 Å². The van der Waals surface area contributed by atoms with Crippen LogP contribution in [0.15, 0.2) is 20.1 Å². The van der Waals surface area contributed by atoms with Crippen LogP contribution in [0.1, 0.15) is 0 Å². The predicted molar refractivity (Wildman–Crippen MR) is 62.8 cm³/mol. The molecule has 0 bridgehead atoms. The average Bonchev–Trinajstić information content (AvgIpc) is 2.75. The topological polar surface area (TPSA) is 77.8 Å². The van der Waals surface area contributed by atoms with Crippen molar-refractivity contribution in [3.8, 4) is 0 Å². The Morgan fingerprint density at radius 2 is 1.94 bits per heavy atom. The van der Waals surface area contributed by atoms with Crippen molar-refractivity contribution in [3.05, 3.63) is 15.9 Å². The SMILES string of the molecule is O=S(=O)(c1sccc1Br)N1C[C@@H](O)[C@@H](O)C1. The number of nitrogens with zero attached hydrogens (tertiary/aromatic N) is 1. The van der Waals surface area contributed by atoms with Crippen LogP contribution in [0.4, 0.5) is 0 Å². The Kier molecular flexibility index (Phi) is 3.39. The Morgan fingerprint density at radius 1 is 1.38 bits per heavy atom. The second-order valence-corrected chi connectivity index (χ2v) is 7.42. The lowest BCUT2D eigenvalue weighted by Crippen LogP contribution is -2.29. The van der Waals surface area contributed by atoms with Gasteiger partial charge in [-0.05, 0) is 27.4 Å². The summed E-state index contributed by atoms with van der Waals surface area (Å²) in [6.07, 6.45) is -2.01. The largest absolute Gasteiger partial charge is 0.389 e. The second-order valence-electron chi connectivity index (χ2n) is 3.51. The zero-order valence-electron chi connectivity index (χ0n) is 8.08. The molecule has 0 amide bonds. The maximum atomic E-state index is 12.1. The summed E-state index contributed by atoms with van der Waals surface area (Å²) >= 11 is 4.27. The Hall–Kier alpha value is 0.01000. The smallest absolute Gasteiger partial charge is 0.253 e. The van der Waals surface area contributed by atoms with E-state index in [1.165, 1.54) is 0 Å². The van der Waals surface area contributed by atoms with E-state index in [1.807, 2.05) is 0 Å². The van der Waals surface area contributed by atoms with Crippen LogP contribution in [0.3, 0.4) is 0 Å². The minimum atomic E-state index is -3.61. The van der Waals surface area contributed by atoms with Gasteiger partial charge >= 0.3 is 0 Å². The van der Waals surface area contributed by atoms with E-state index in [9.17, 15) is 18.6 Å². The van der Waals surface area contributed by atoms with Crippen molar-refractivity contribution < 1.29 is 18.6 Å². The molecule has 1 aromatic heterocycles. The number of rotatable bonds is 2. The van der Waals surface area contributed by atoms with Crippen LogP contribution in [0.25, 0.3) is 0 Å². The number of aliphatic hydroxyl groups is 2. The maximum absolute atomic E-state index is 12.1. The third-order valence-corrected chi connectivity index (χ3v) is 6.86. The molecule has 1 aliphatic rings. The quantitative estimate of drug-likeness (QED) is 0.815. The van der Waals surface area contributed by atoms with Gasteiger partial charge in [0.15, 0.2) is 0 Å². The predicted octanol–water partition coefficient (Wildman–Crippen LogP) is 0.237. The first-order chi connectivity index (χ1) is 7.43. The number of thiophene rings is 1. The number of hydrogen-bond donors (Lipinski definition) is 2. The Morgan fingerprint density at radius 3 is 2.38 bits per heavy atom. The fourth-order valence-corrected chi connectivity index (χ4v) is 5.44. The molecule has 0 unspecified atom stereocenters. The summed E-state index contributed by atoms with van der Waals surface area (Å²) in [5.74, 6) is 0. The summed E-state index contributed by atoms with van der Waals surface area (Å²) in [5.41, 5.74) is 0. The first kappa shape index (κ1) is 12.5. The summed E-state index contributed by atoms with van der Waals surface area (Å²) in [5, 5.41) is 20.3. The zero-order valence-corrected chi connectivity index (χ0v) is 11.3. The molecule has 1 aliphatic heterocycles. The van der Waals surface area contributed by atoms with Crippen molar-refractivity contribution >= 4 is 37.3 Å². The molecule has 1 fully saturated rings. The van der Waals surface area contributed by atoms with E-state index in [0.717, 1.165) is 15.6 Å². The van der Waals surface area contributed by atoms with E-state index in [2.05, 4.69) is 15.9 Å². The molecule has 1 aromatic rings. The van der Waals surface area contributed by atoms with Gasteiger partial charge in [-0.1, -0.05) is 0 Å². The van der Waals surface area contributed by atoms with E-state index in [-0.39, 0.29) is 17.3 Å². The molecule has 0 saturated carbocycles. The lowest BCUT2D eigenvalue weighted by atomic mass is 10.3. The van der Waals surface area contributed by atoms with Crippen molar-refractivity contribution in [2.75, 3.05) is 13.1 Å². The summed E-state index contributed by atoms with van der Waals surface area (Å²) in [4.78, 5) is 0. The van der Waals surface area contributed by atoms with Gasteiger partial charge in [-0.15, -0.1) is 11.3 Å². The van der Waals surface area contributed by atoms with Crippen LogP contribution in [0.2, 0.25) is 0 Å². The molecule has 5 nitrogen and oxygen atoms in total. The van der Waals surface area contributed by atoms with Crippen molar-refractivity contribution in [1.82, 2.24) is 4.31 Å². The molecule has 90 valence electrons. The first-order valence-electron chi connectivity index (χ1n) is 4.52. The van der Waals surface area contributed by atoms with Crippen LogP contribution >= 0.6 is 27.3 Å². The normalized spacial score (nSPS) is 27.4. The maximum Gasteiger partial charge on any atom is 0.253 e. The van der Waals surface area contributed by atoms with E-state index < -0.39 is 22.2 Å². The zero-order chi connectivity index (χ0) is 11.9. The summed E-state index contributed by atoms with van der Waals surface area (Å²) < 4.78 is 26.0. The fraction of sp³-hybridized carbons (Fsp3) is 0.500. The van der Waals surface area contributed by atoms with Gasteiger partial charge in [-0.3, -0.25) is 0 Å². The van der Waals surface area contributed by atoms with Crippen LogP contribution < -0.4 is 0 Å². The molecule has 2 atom stereocenters. The van der Waals surface area contributed by atoms with E-state index >= 15 is 0 Å². The molecular formula is C8H10BrNO4S2. The van der Waals surface area contributed by atoms with Gasteiger partial charge in [-0.2, -0.15) is 4.31 Å². The molecule has 16 heavy (non-hydrogen) atoms. The number of halogens is 1. The molecular weight excluding hydrogens is 318 g/mol. The Balaban J connectivity index is 2.31. The van der Waals surface area contributed by atoms with E-state index in [0.29, 0.717) is 4.47 Å². The summed E-state index contributed by atoms with van der Waals surface area (Å²) in [6, 6.07) is 1.65. The van der Waals surface area contributed by atoms with Crippen molar-refractivity contribution in [2.45, 2.75) is 16.4 Å². The number of β-amino-alcohol motifs (C(OH)–C–C–N with tert-alkyl or cyclic N) is 2. The number of hydrogen-bond acceptors (Lipinski definition) is 5. The monoisotopic (exact) mass is 327 g/mol. The highest BCUT2D eigenvalue weighted by molar-refractivity contribution is 9.10. The minimum Gasteiger partial charge on any atom is -0.389 e. The lowest BCUT2D eigenvalue weighted by Gasteiger charge is -2.14. The van der Waals surface area contributed by atoms with Crippen LogP contribution in [0, 0.1) is 0 Å². The molecule has 0 radical (unpaired) electrons. The van der Waals surface area contributed by atoms with E-state index in [1.54, 1.807) is 11.4 Å². The molecule has 0 aromatic carbocycles. The third-order valence-electron chi connectivity index (χ3n) is 2.38. The van der Waals surface area contributed by atoms with Gasteiger partial charge in [0.1, 0.15) is 4.21 Å². The molecule has 2 rings (SSSR count). The lowest BCUT2D eigenvalue weighted by molar-refractivity contribution is 0.0572. The number of aliphatic hydroxyl groups excluding tert-OH is 2. The highest BCUT2D eigenvalue weighted by atomic mass is 79.9. The van der Waals surface area contributed by atoms with Crippen LogP contribution in [0.5, 0.6) is 0 Å². The second kappa shape index (κ2) is 4.35. The van der Waals surface area contributed by atoms with Gasteiger partial charge < -0.3 is 10.2 Å². The molecule has 0 aliphatic carbocycles. The summed E-state index contributed by atoms with van der Waals surface area (Å²) in [7, 11) is -3.61. The Bertz CT molecular complexity index is 476.